The van der Waals surface area contributed by atoms with Crippen LogP contribution in [0.5, 0.6) is 0 Å². The highest BCUT2D eigenvalue weighted by Gasteiger charge is 2.10. The van der Waals surface area contributed by atoms with E-state index in [-0.39, 0.29) is 5.97 Å². The first-order chi connectivity index (χ1) is 8.74. The van der Waals surface area contributed by atoms with Crippen molar-refractivity contribution in [2.75, 3.05) is 13.2 Å². The molecule has 0 heterocycles. The summed E-state index contributed by atoms with van der Waals surface area (Å²) in [7, 11) is 0. The lowest BCUT2D eigenvalue weighted by molar-refractivity contribution is -0.144. The molecule has 3 nitrogen and oxygen atoms in total. The Labute approximate surface area is 112 Å². The second-order valence-electron chi connectivity index (χ2n) is 5.05. The van der Waals surface area contributed by atoms with E-state index in [9.17, 15) is 4.79 Å². The molecular formula is C15H31NO2. The van der Waals surface area contributed by atoms with E-state index in [0.717, 1.165) is 38.6 Å². The smallest absolute Gasteiger partial charge is 0.305 e. The van der Waals surface area contributed by atoms with Gasteiger partial charge in [0.05, 0.1) is 6.61 Å². The number of carbonyl (C=O) groups excluding carboxylic acids is 1. The van der Waals surface area contributed by atoms with E-state index in [4.69, 9.17) is 10.5 Å². The van der Waals surface area contributed by atoms with Crippen LogP contribution in [0.4, 0.5) is 0 Å². The number of rotatable bonds is 12. The highest BCUT2D eigenvalue weighted by molar-refractivity contribution is 5.69. The maximum Gasteiger partial charge on any atom is 0.305 e. The molecule has 1 atom stereocenters. The Morgan fingerprint density at radius 1 is 1.06 bits per heavy atom. The summed E-state index contributed by atoms with van der Waals surface area (Å²) in [5.41, 5.74) is 5.58. The van der Waals surface area contributed by atoms with Gasteiger partial charge >= 0.3 is 5.97 Å². The fraction of sp³-hybridized carbons (Fsp3) is 0.933. The summed E-state index contributed by atoms with van der Waals surface area (Å²) in [5.74, 6) is 0.553. The zero-order chi connectivity index (χ0) is 13.6. The third-order valence-electron chi connectivity index (χ3n) is 3.29. The molecule has 0 saturated carbocycles. The number of ether oxygens (including phenoxy) is 1. The van der Waals surface area contributed by atoms with Gasteiger partial charge in [-0.15, -0.1) is 0 Å². The van der Waals surface area contributed by atoms with Crippen molar-refractivity contribution >= 4 is 5.97 Å². The molecule has 1 unspecified atom stereocenters. The van der Waals surface area contributed by atoms with Crippen LogP contribution in [-0.2, 0) is 9.53 Å². The summed E-state index contributed by atoms with van der Waals surface area (Å²) in [6, 6.07) is 0. The van der Waals surface area contributed by atoms with Gasteiger partial charge in [-0.3, -0.25) is 4.79 Å². The van der Waals surface area contributed by atoms with Crippen LogP contribution in [0.2, 0.25) is 0 Å². The SMILES string of the molecule is CCCCCCOC(=O)CCC(CCC)CCN. The normalized spacial score (nSPS) is 12.4. The summed E-state index contributed by atoms with van der Waals surface area (Å²) in [6.45, 7) is 5.66. The molecule has 108 valence electrons. The standard InChI is InChI=1S/C15H31NO2/c1-3-5-6-7-13-18-15(17)10-9-14(8-4-2)11-12-16/h14H,3-13,16H2,1-2H3. The topological polar surface area (TPSA) is 52.3 Å². The molecule has 3 heteroatoms. The highest BCUT2D eigenvalue weighted by atomic mass is 16.5. The summed E-state index contributed by atoms with van der Waals surface area (Å²) >= 11 is 0. The van der Waals surface area contributed by atoms with Gasteiger partial charge in [0.1, 0.15) is 0 Å². The van der Waals surface area contributed by atoms with E-state index in [2.05, 4.69) is 13.8 Å². The molecule has 0 saturated heterocycles. The van der Waals surface area contributed by atoms with Gasteiger partial charge in [-0.1, -0.05) is 46.0 Å². The number of hydrogen-bond acceptors (Lipinski definition) is 3. The first kappa shape index (κ1) is 17.4. The van der Waals surface area contributed by atoms with E-state index in [1.807, 2.05) is 0 Å². The Morgan fingerprint density at radius 3 is 2.44 bits per heavy atom. The third-order valence-corrected chi connectivity index (χ3v) is 3.29. The van der Waals surface area contributed by atoms with Gasteiger partial charge in [-0.25, -0.2) is 0 Å². The molecule has 0 fully saturated rings. The Balaban J connectivity index is 3.54. The summed E-state index contributed by atoms with van der Waals surface area (Å²) < 4.78 is 5.23. The predicted octanol–water partition coefficient (Wildman–Crippen LogP) is 3.66. The van der Waals surface area contributed by atoms with E-state index < -0.39 is 0 Å². The van der Waals surface area contributed by atoms with Crippen LogP contribution in [-0.4, -0.2) is 19.1 Å². The van der Waals surface area contributed by atoms with Crippen LogP contribution in [0.1, 0.15) is 71.6 Å². The zero-order valence-electron chi connectivity index (χ0n) is 12.2. The van der Waals surface area contributed by atoms with Crippen LogP contribution in [0.15, 0.2) is 0 Å². The first-order valence-corrected chi connectivity index (χ1v) is 7.60. The molecule has 0 aliphatic heterocycles. The quantitative estimate of drug-likeness (QED) is 0.429. The fourth-order valence-corrected chi connectivity index (χ4v) is 2.19. The molecule has 0 amide bonds. The maximum atomic E-state index is 11.5. The van der Waals surface area contributed by atoms with E-state index in [0.29, 0.717) is 18.9 Å². The highest BCUT2D eigenvalue weighted by Crippen LogP contribution is 2.17. The van der Waals surface area contributed by atoms with Gasteiger partial charge in [-0.05, 0) is 31.7 Å². The zero-order valence-corrected chi connectivity index (χ0v) is 12.2. The number of unbranched alkanes of at least 4 members (excludes halogenated alkanes) is 3. The monoisotopic (exact) mass is 257 g/mol. The lowest BCUT2D eigenvalue weighted by Gasteiger charge is -2.14. The van der Waals surface area contributed by atoms with E-state index in [1.54, 1.807) is 0 Å². The van der Waals surface area contributed by atoms with Gasteiger partial charge in [0, 0.05) is 6.42 Å². The Hall–Kier alpha value is -0.570. The molecule has 0 aromatic rings. The Kier molecular flexibility index (Phi) is 12.5. The van der Waals surface area contributed by atoms with Gasteiger partial charge < -0.3 is 10.5 Å². The minimum absolute atomic E-state index is 0.0374. The van der Waals surface area contributed by atoms with Crippen LogP contribution in [0, 0.1) is 5.92 Å². The second kappa shape index (κ2) is 12.9. The van der Waals surface area contributed by atoms with Gasteiger partial charge in [0.25, 0.3) is 0 Å². The fourth-order valence-electron chi connectivity index (χ4n) is 2.19. The number of carbonyl (C=O) groups is 1. The summed E-state index contributed by atoms with van der Waals surface area (Å²) in [4.78, 5) is 11.5. The summed E-state index contributed by atoms with van der Waals surface area (Å²) in [5, 5.41) is 0. The molecule has 0 aliphatic carbocycles. The molecule has 0 aromatic carbocycles. The minimum atomic E-state index is -0.0374. The van der Waals surface area contributed by atoms with Gasteiger partial charge in [-0.2, -0.15) is 0 Å². The van der Waals surface area contributed by atoms with Crippen LogP contribution >= 0.6 is 0 Å². The summed E-state index contributed by atoms with van der Waals surface area (Å²) in [6.07, 6.45) is 9.45. The maximum absolute atomic E-state index is 11.5. The van der Waals surface area contributed by atoms with Crippen LogP contribution < -0.4 is 5.73 Å². The lowest BCUT2D eigenvalue weighted by atomic mass is 9.94. The van der Waals surface area contributed by atoms with Crippen molar-refractivity contribution in [3.63, 3.8) is 0 Å². The largest absolute Gasteiger partial charge is 0.466 e. The molecular weight excluding hydrogens is 226 g/mol. The van der Waals surface area contributed by atoms with Crippen molar-refractivity contribution in [2.24, 2.45) is 11.7 Å². The van der Waals surface area contributed by atoms with Crippen molar-refractivity contribution in [2.45, 2.75) is 71.6 Å². The lowest BCUT2D eigenvalue weighted by Crippen LogP contribution is -2.12. The molecule has 0 radical (unpaired) electrons. The first-order valence-electron chi connectivity index (χ1n) is 7.60. The number of esters is 1. The van der Waals surface area contributed by atoms with Crippen molar-refractivity contribution in [1.29, 1.82) is 0 Å². The average Bonchev–Trinajstić information content (AvgIpc) is 2.36. The molecule has 18 heavy (non-hydrogen) atoms. The van der Waals surface area contributed by atoms with Crippen LogP contribution in [0.25, 0.3) is 0 Å². The van der Waals surface area contributed by atoms with Crippen molar-refractivity contribution in [1.82, 2.24) is 0 Å². The molecule has 0 spiro atoms. The van der Waals surface area contributed by atoms with Crippen molar-refractivity contribution in [3.8, 4) is 0 Å². The third kappa shape index (κ3) is 10.6. The molecule has 0 bridgehead atoms. The van der Waals surface area contributed by atoms with Gasteiger partial charge in [0.2, 0.25) is 0 Å². The average molecular weight is 257 g/mol. The second-order valence-corrected chi connectivity index (χ2v) is 5.05. The Bertz CT molecular complexity index is 189. The number of nitrogens with two attached hydrogens (primary N) is 1. The van der Waals surface area contributed by atoms with Crippen LogP contribution in [0.3, 0.4) is 0 Å². The number of hydrogen-bond donors (Lipinski definition) is 1. The Morgan fingerprint density at radius 2 is 1.83 bits per heavy atom. The van der Waals surface area contributed by atoms with E-state index >= 15 is 0 Å². The van der Waals surface area contributed by atoms with Crippen molar-refractivity contribution in [3.05, 3.63) is 0 Å². The molecule has 2 N–H and O–H groups in total. The van der Waals surface area contributed by atoms with Crippen molar-refractivity contribution < 1.29 is 9.53 Å². The molecule has 0 aromatic heterocycles. The molecule has 0 aliphatic rings. The van der Waals surface area contributed by atoms with Gasteiger partial charge in [0.15, 0.2) is 0 Å². The molecule has 0 rings (SSSR count). The minimum Gasteiger partial charge on any atom is -0.466 e. The predicted molar refractivity (Wildman–Crippen MR) is 76.4 cm³/mol. The van der Waals surface area contributed by atoms with E-state index in [1.165, 1.54) is 19.3 Å².